The maximum Gasteiger partial charge on any atom is 0.220 e. The summed E-state index contributed by atoms with van der Waals surface area (Å²) in [6.07, 6.45) is 68.5. The van der Waals surface area contributed by atoms with Gasteiger partial charge in [0.25, 0.3) is 0 Å². The van der Waals surface area contributed by atoms with Gasteiger partial charge in [0.15, 0.2) is 0 Å². The van der Waals surface area contributed by atoms with E-state index < -0.39 is 18.2 Å². The Labute approximate surface area is 408 Å². The topological polar surface area (TPSA) is 89.8 Å². The van der Waals surface area contributed by atoms with E-state index in [0.29, 0.717) is 12.8 Å². The number of nitrogens with one attached hydrogen (secondary N) is 1. The molecule has 0 aliphatic heterocycles. The molecule has 0 aliphatic carbocycles. The van der Waals surface area contributed by atoms with Gasteiger partial charge in [0.05, 0.1) is 18.8 Å². The first-order valence-corrected chi connectivity index (χ1v) is 30.3. The lowest BCUT2D eigenvalue weighted by Crippen LogP contribution is -2.50. The van der Waals surface area contributed by atoms with E-state index in [-0.39, 0.29) is 12.5 Å². The number of aliphatic hydroxyl groups is 3. The Bertz CT molecular complexity index is 883. The van der Waals surface area contributed by atoms with Crippen molar-refractivity contribution in [2.75, 3.05) is 6.61 Å². The van der Waals surface area contributed by atoms with Gasteiger partial charge in [0, 0.05) is 6.42 Å². The van der Waals surface area contributed by atoms with Crippen molar-refractivity contribution in [3.8, 4) is 0 Å². The number of carbonyl (C=O) groups excluding carboxylic acids is 1. The Morgan fingerprint density at radius 3 is 0.738 bits per heavy atom. The smallest absolute Gasteiger partial charge is 0.220 e. The molecule has 65 heavy (non-hydrogen) atoms. The minimum Gasteiger partial charge on any atom is -0.394 e. The standard InChI is InChI=1S/C60H121NO4/c1-3-5-7-9-11-13-15-17-19-21-23-25-26-27-28-29-30-31-32-33-35-37-39-41-43-45-47-49-51-53-55-59(64)61-57(56-62)60(65)58(63)54-52-50-48-46-44-42-40-38-36-34-24-22-20-18-16-14-12-10-8-6-4-2/h57-58,60,62-63,65H,3-56H2,1-2H3,(H,61,64). The van der Waals surface area contributed by atoms with Crippen molar-refractivity contribution in [3.05, 3.63) is 0 Å². The summed E-state index contributed by atoms with van der Waals surface area (Å²) in [5, 5.41) is 33.8. The van der Waals surface area contributed by atoms with Gasteiger partial charge in [0.2, 0.25) is 5.91 Å². The first-order valence-electron chi connectivity index (χ1n) is 30.3. The van der Waals surface area contributed by atoms with Crippen LogP contribution in [-0.4, -0.2) is 46.1 Å². The summed E-state index contributed by atoms with van der Waals surface area (Å²) in [6, 6.07) is -0.805. The van der Waals surface area contributed by atoms with Gasteiger partial charge in [-0.2, -0.15) is 0 Å². The zero-order valence-electron chi connectivity index (χ0n) is 44.7. The minimum absolute atomic E-state index is 0.135. The van der Waals surface area contributed by atoms with Crippen molar-refractivity contribution in [1.82, 2.24) is 5.32 Å². The lowest BCUT2D eigenvalue weighted by molar-refractivity contribution is -0.124. The van der Waals surface area contributed by atoms with Crippen LogP contribution in [0.25, 0.3) is 0 Å². The second-order valence-electron chi connectivity index (χ2n) is 21.3. The van der Waals surface area contributed by atoms with Crippen LogP contribution in [0.1, 0.15) is 354 Å². The van der Waals surface area contributed by atoms with Gasteiger partial charge in [0.1, 0.15) is 6.10 Å². The molecule has 0 aromatic rings. The van der Waals surface area contributed by atoms with Gasteiger partial charge in [-0.15, -0.1) is 0 Å². The molecule has 3 atom stereocenters. The Hall–Kier alpha value is -0.650. The van der Waals surface area contributed by atoms with Crippen LogP contribution < -0.4 is 5.32 Å². The fourth-order valence-electron chi connectivity index (χ4n) is 10.1. The lowest BCUT2D eigenvalue weighted by atomic mass is 9.99. The maximum absolute atomic E-state index is 12.5. The monoisotopic (exact) mass is 920 g/mol. The molecule has 390 valence electrons. The fourth-order valence-corrected chi connectivity index (χ4v) is 10.1. The molecular formula is C60H121NO4. The highest BCUT2D eigenvalue weighted by atomic mass is 16.3. The Balaban J connectivity index is 3.46. The van der Waals surface area contributed by atoms with Crippen LogP contribution in [0.15, 0.2) is 0 Å². The number of hydrogen-bond donors (Lipinski definition) is 4. The van der Waals surface area contributed by atoms with E-state index in [1.165, 1.54) is 295 Å². The molecule has 0 aromatic carbocycles. The average Bonchev–Trinajstić information content (AvgIpc) is 3.31. The van der Waals surface area contributed by atoms with Gasteiger partial charge in [-0.25, -0.2) is 0 Å². The van der Waals surface area contributed by atoms with Crippen LogP contribution in [0.5, 0.6) is 0 Å². The molecule has 5 heteroatoms. The average molecular weight is 921 g/mol. The molecule has 1 amide bonds. The third-order valence-electron chi connectivity index (χ3n) is 14.7. The lowest BCUT2D eigenvalue weighted by Gasteiger charge is -2.26. The van der Waals surface area contributed by atoms with Crippen LogP contribution in [-0.2, 0) is 4.79 Å². The van der Waals surface area contributed by atoms with E-state index in [0.717, 1.165) is 32.1 Å². The van der Waals surface area contributed by atoms with E-state index in [2.05, 4.69) is 19.2 Å². The third kappa shape index (κ3) is 51.0. The number of unbranched alkanes of at least 4 members (excludes halogenated alkanes) is 49. The summed E-state index contributed by atoms with van der Waals surface area (Å²) in [4.78, 5) is 12.5. The molecule has 0 aromatic heterocycles. The van der Waals surface area contributed by atoms with Crippen molar-refractivity contribution in [2.24, 2.45) is 0 Å². The minimum atomic E-state index is -1.13. The van der Waals surface area contributed by atoms with Crippen LogP contribution >= 0.6 is 0 Å². The normalized spacial score (nSPS) is 13.1. The van der Waals surface area contributed by atoms with Crippen LogP contribution in [0.4, 0.5) is 0 Å². The molecule has 0 saturated heterocycles. The summed E-state index contributed by atoms with van der Waals surface area (Å²) in [6.45, 7) is 4.23. The van der Waals surface area contributed by atoms with E-state index in [4.69, 9.17) is 0 Å². The Morgan fingerprint density at radius 2 is 0.523 bits per heavy atom. The molecule has 4 N–H and O–H groups in total. The Kier molecular flexibility index (Phi) is 55.4. The molecule has 0 aliphatic rings. The highest BCUT2D eigenvalue weighted by molar-refractivity contribution is 5.76. The summed E-state index contributed by atoms with van der Waals surface area (Å²) in [5.74, 6) is -0.135. The number of carbonyl (C=O) groups is 1. The first kappa shape index (κ1) is 64.3. The van der Waals surface area contributed by atoms with Crippen LogP contribution in [0, 0.1) is 0 Å². The maximum atomic E-state index is 12.5. The van der Waals surface area contributed by atoms with Gasteiger partial charge >= 0.3 is 0 Å². The molecular weight excluding hydrogens is 799 g/mol. The van der Waals surface area contributed by atoms with Gasteiger partial charge in [-0.05, 0) is 12.8 Å². The first-order chi connectivity index (χ1) is 32.1. The van der Waals surface area contributed by atoms with Gasteiger partial charge in [-0.3, -0.25) is 4.79 Å². The van der Waals surface area contributed by atoms with E-state index in [1.807, 2.05) is 0 Å². The predicted octanol–water partition coefficient (Wildman–Crippen LogP) is 18.9. The van der Waals surface area contributed by atoms with E-state index in [9.17, 15) is 20.1 Å². The number of rotatable bonds is 57. The zero-order valence-corrected chi connectivity index (χ0v) is 44.7. The molecule has 0 spiro atoms. The Morgan fingerprint density at radius 1 is 0.323 bits per heavy atom. The van der Waals surface area contributed by atoms with Gasteiger partial charge in [-0.1, -0.05) is 335 Å². The predicted molar refractivity (Wildman–Crippen MR) is 287 cm³/mol. The third-order valence-corrected chi connectivity index (χ3v) is 14.7. The summed E-state index contributed by atoms with van der Waals surface area (Å²) in [5.41, 5.74) is 0. The molecule has 0 saturated carbocycles. The summed E-state index contributed by atoms with van der Waals surface area (Å²) >= 11 is 0. The largest absolute Gasteiger partial charge is 0.394 e. The van der Waals surface area contributed by atoms with Crippen LogP contribution in [0.2, 0.25) is 0 Å². The van der Waals surface area contributed by atoms with Crippen LogP contribution in [0.3, 0.4) is 0 Å². The van der Waals surface area contributed by atoms with Crippen molar-refractivity contribution < 1.29 is 20.1 Å². The molecule has 0 rings (SSSR count). The summed E-state index contributed by atoms with van der Waals surface area (Å²) in [7, 11) is 0. The highest BCUT2D eigenvalue weighted by Crippen LogP contribution is 2.19. The number of hydrogen-bond acceptors (Lipinski definition) is 4. The quantitative estimate of drug-likeness (QED) is 0.0458. The van der Waals surface area contributed by atoms with E-state index in [1.54, 1.807) is 0 Å². The summed E-state index contributed by atoms with van der Waals surface area (Å²) < 4.78 is 0. The number of amides is 1. The van der Waals surface area contributed by atoms with Crippen molar-refractivity contribution in [2.45, 2.75) is 372 Å². The van der Waals surface area contributed by atoms with E-state index >= 15 is 0 Å². The van der Waals surface area contributed by atoms with Gasteiger partial charge < -0.3 is 20.6 Å². The van der Waals surface area contributed by atoms with Crippen molar-refractivity contribution >= 4 is 5.91 Å². The molecule has 0 radical (unpaired) electrons. The van der Waals surface area contributed by atoms with Crippen molar-refractivity contribution in [1.29, 1.82) is 0 Å². The SMILES string of the molecule is CCCCCCCCCCCCCCCCCCCCCCCCCCCCCCCCC(=O)NC(CO)C(O)C(O)CCCCCCCCCCCCCCCCCCCCCCC. The van der Waals surface area contributed by atoms with Crippen molar-refractivity contribution in [3.63, 3.8) is 0 Å². The molecule has 5 nitrogen and oxygen atoms in total. The second kappa shape index (κ2) is 55.9. The molecule has 0 fully saturated rings. The number of aliphatic hydroxyl groups excluding tert-OH is 3. The molecule has 3 unspecified atom stereocenters. The molecule has 0 heterocycles. The molecule has 0 bridgehead atoms. The fraction of sp³-hybridized carbons (Fsp3) is 0.983. The zero-order chi connectivity index (χ0) is 47.2. The second-order valence-corrected chi connectivity index (χ2v) is 21.3. The highest BCUT2D eigenvalue weighted by Gasteiger charge is 2.26.